The van der Waals surface area contributed by atoms with Gasteiger partial charge in [-0.2, -0.15) is 0 Å². The van der Waals surface area contributed by atoms with E-state index >= 15 is 0 Å². The van der Waals surface area contributed by atoms with Crippen LogP contribution in [0, 0.1) is 0 Å². The van der Waals surface area contributed by atoms with E-state index in [-0.39, 0.29) is 12.2 Å². The number of fused-ring (bicyclic) bond motifs is 1. The number of benzene rings is 2. The molecule has 1 saturated heterocycles. The predicted octanol–water partition coefficient (Wildman–Crippen LogP) is 4.20. The predicted molar refractivity (Wildman–Crippen MR) is 120 cm³/mol. The summed E-state index contributed by atoms with van der Waals surface area (Å²) in [4.78, 5) is 12.0. The van der Waals surface area contributed by atoms with Crippen molar-refractivity contribution >= 4 is 22.8 Å². The van der Waals surface area contributed by atoms with Crippen LogP contribution in [0.2, 0.25) is 0 Å². The van der Waals surface area contributed by atoms with Crippen molar-refractivity contribution in [1.82, 2.24) is 14.9 Å². The number of H-pyrrole nitrogens is 1. The third kappa shape index (κ3) is 5.20. The first-order valence-corrected chi connectivity index (χ1v) is 11.4. The number of thioether (sulfide) groups is 1. The zero-order valence-electron chi connectivity index (χ0n) is 17.0. The molecule has 5 nitrogen and oxygen atoms in total. The van der Waals surface area contributed by atoms with Gasteiger partial charge in [0.2, 0.25) is 0 Å². The molecule has 2 heterocycles. The number of aromatic amines is 1. The Balaban J connectivity index is 1.61. The fraction of sp³-hybridized carbons (Fsp3) is 0.435. The smallest absolute Gasteiger partial charge is 0.141 e. The normalized spacial score (nSPS) is 17.0. The molecule has 1 fully saturated rings. The van der Waals surface area contributed by atoms with E-state index in [0.29, 0.717) is 0 Å². The van der Waals surface area contributed by atoms with Crippen LogP contribution in [0.1, 0.15) is 36.8 Å². The van der Waals surface area contributed by atoms with Gasteiger partial charge in [0.25, 0.3) is 0 Å². The van der Waals surface area contributed by atoms with Crippen molar-refractivity contribution in [2.45, 2.75) is 36.4 Å². The van der Waals surface area contributed by atoms with Gasteiger partial charge in [0, 0.05) is 18.0 Å². The monoisotopic (exact) mass is 410 g/mol. The Hall–Kier alpha value is -1.86. The fourth-order valence-electron chi connectivity index (χ4n) is 3.75. The van der Waals surface area contributed by atoms with E-state index < -0.39 is 0 Å². The van der Waals surface area contributed by atoms with Crippen LogP contribution in [0.4, 0.5) is 0 Å². The van der Waals surface area contributed by atoms with Crippen molar-refractivity contribution in [3.63, 3.8) is 0 Å². The third-order valence-corrected chi connectivity index (χ3v) is 6.51. The summed E-state index contributed by atoms with van der Waals surface area (Å²) >= 11 is 1.85. The van der Waals surface area contributed by atoms with Crippen molar-refractivity contribution in [3.05, 3.63) is 59.9 Å². The Morgan fingerprint density at radius 1 is 1.21 bits per heavy atom. The van der Waals surface area contributed by atoms with E-state index in [9.17, 15) is 0 Å². The molecule has 154 valence electrons. The van der Waals surface area contributed by atoms with E-state index in [1.807, 2.05) is 30.0 Å². The number of nitrogens with two attached hydrogens (primary N) is 1. The molecule has 3 N–H and O–H groups in total. The molecule has 4 rings (SSSR count). The van der Waals surface area contributed by atoms with Gasteiger partial charge in [-0.25, -0.2) is 4.98 Å². The second-order valence-corrected chi connectivity index (χ2v) is 8.89. The number of piperidine rings is 1. The van der Waals surface area contributed by atoms with Gasteiger partial charge < -0.3 is 20.4 Å². The molecule has 1 aromatic heterocycles. The second-order valence-electron chi connectivity index (χ2n) is 7.72. The summed E-state index contributed by atoms with van der Waals surface area (Å²) < 4.78 is 6.67. The van der Waals surface area contributed by atoms with Crippen molar-refractivity contribution in [2.75, 3.05) is 32.4 Å². The molecule has 29 heavy (non-hydrogen) atoms. The molecule has 0 amide bonds. The fourth-order valence-corrected chi connectivity index (χ4v) is 4.69. The van der Waals surface area contributed by atoms with Crippen LogP contribution < -0.4 is 5.73 Å². The first-order valence-electron chi connectivity index (χ1n) is 10.4. The van der Waals surface area contributed by atoms with Gasteiger partial charge in [-0.05, 0) is 68.4 Å². The number of likely N-dealkylation sites (tertiary alicyclic amines) is 1. The van der Waals surface area contributed by atoms with Gasteiger partial charge in [0.05, 0.1) is 17.1 Å². The lowest BCUT2D eigenvalue weighted by atomic mass is 10.1. The molecular formula is C23H30N4OS. The zero-order chi connectivity index (χ0) is 20.1. The SMILES string of the molecule is CN1CCC(OC(c2cccc(SCCCN)c2)c2nc3ccccc3[nH]2)CC1. The number of nitrogens with one attached hydrogen (secondary N) is 1. The van der Waals surface area contributed by atoms with Gasteiger partial charge in [0.1, 0.15) is 11.9 Å². The number of nitrogens with zero attached hydrogens (tertiary/aromatic N) is 2. The van der Waals surface area contributed by atoms with Crippen LogP contribution >= 0.6 is 11.8 Å². The topological polar surface area (TPSA) is 67.2 Å². The minimum atomic E-state index is -0.189. The average molecular weight is 411 g/mol. The van der Waals surface area contributed by atoms with Gasteiger partial charge in [-0.15, -0.1) is 11.8 Å². The Morgan fingerprint density at radius 2 is 2.03 bits per heavy atom. The highest BCUT2D eigenvalue weighted by Gasteiger charge is 2.26. The molecule has 1 aliphatic rings. The van der Waals surface area contributed by atoms with Gasteiger partial charge in [-0.1, -0.05) is 24.3 Å². The maximum Gasteiger partial charge on any atom is 0.141 e. The van der Waals surface area contributed by atoms with E-state index in [1.165, 1.54) is 4.90 Å². The number of hydrogen-bond donors (Lipinski definition) is 2. The summed E-state index contributed by atoms with van der Waals surface area (Å²) in [5.74, 6) is 1.92. The molecule has 0 radical (unpaired) electrons. The molecule has 0 aliphatic carbocycles. The highest BCUT2D eigenvalue weighted by molar-refractivity contribution is 7.99. The molecule has 0 bridgehead atoms. The first-order chi connectivity index (χ1) is 14.2. The molecular weight excluding hydrogens is 380 g/mol. The molecule has 0 spiro atoms. The van der Waals surface area contributed by atoms with Crippen molar-refractivity contribution in [3.8, 4) is 0 Å². The molecule has 1 atom stereocenters. The summed E-state index contributed by atoms with van der Waals surface area (Å²) in [6, 6.07) is 16.8. The summed E-state index contributed by atoms with van der Waals surface area (Å²) in [7, 11) is 2.18. The summed E-state index contributed by atoms with van der Waals surface area (Å²) in [6.07, 6.45) is 3.19. The molecule has 0 saturated carbocycles. The number of aromatic nitrogens is 2. The second kappa shape index (κ2) is 9.76. The average Bonchev–Trinajstić information content (AvgIpc) is 3.17. The molecule has 2 aromatic carbocycles. The van der Waals surface area contributed by atoms with Crippen LogP contribution in [0.3, 0.4) is 0 Å². The van der Waals surface area contributed by atoms with Gasteiger partial charge in [-0.3, -0.25) is 0 Å². The number of para-hydroxylation sites is 2. The maximum atomic E-state index is 6.67. The zero-order valence-corrected chi connectivity index (χ0v) is 17.8. The summed E-state index contributed by atoms with van der Waals surface area (Å²) in [5.41, 5.74) is 8.83. The molecule has 3 aromatic rings. The van der Waals surface area contributed by atoms with Crippen LogP contribution in [0.15, 0.2) is 53.4 Å². The van der Waals surface area contributed by atoms with Crippen molar-refractivity contribution in [1.29, 1.82) is 0 Å². The Bertz CT molecular complexity index is 887. The molecule has 6 heteroatoms. The largest absolute Gasteiger partial charge is 0.362 e. The summed E-state index contributed by atoms with van der Waals surface area (Å²) in [6.45, 7) is 2.88. The lowest BCUT2D eigenvalue weighted by Crippen LogP contribution is -2.35. The summed E-state index contributed by atoms with van der Waals surface area (Å²) in [5, 5.41) is 0. The van der Waals surface area contributed by atoms with E-state index in [0.717, 1.165) is 67.1 Å². The van der Waals surface area contributed by atoms with Crippen molar-refractivity contribution < 1.29 is 4.74 Å². The minimum Gasteiger partial charge on any atom is -0.362 e. The maximum absolute atomic E-state index is 6.67. The van der Waals surface area contributed by atoms with Crippen LogP contribution in [0.5, 0.6) is 0 Å². The number of hydrogen-bond acceptors (Lipinski definition) is 5. The van der Waals surface area contributed by atoms with Crippen LogP contribution in [-0.4, -0.2) is 53.4 Å². The van der Waals surface area contributed by atoms with Crippen LogP contribution in [0.25, 0.3) is 11.0 Å². The lowest BCUT2D eigenvalue weighted by Gasteiger charge is -2.31. The Labute approximate surface area is 177 Å². The first kappa shape index (κ1) is 20.4. The Kier molecular flexibility index (Phi) is 6.87. The standard InChI is InChI=1S/C23H30N4OS/c1-27-13-10-18(11-14-27)28-22(23-25-20-8-2-3-9-21(20)26-23)17-6-4-7-19(16-17)29-15-5-12-24/h2-4,6-9,16,18,22H,5,10-15,24H2,1H3,(H,25,26). The third-order valence-electron chi connectivity index (χ3n) is 5.43. The number of rotatable bonds is 8. The quantitative estimate of drug-likeness (QED) is 0.430. The Morgan fingerprint density at radius 3 is 2.83 bits per heavy atom. The van der Waals surface area contributed by atoms with Crippen LogP contribution in [-0.2, 0) is 4.74 Å². The molecule has 1 aliphatic heterocycles. The lowest BCUT2D eigenvalue weighted by molar-refractivity contribution is -0.0264. The van der Waals surface area contributed by atoms with E-state index in [1.54, 1.807) is 0 Å². The van der Waals surface area contributed by atoms with E-state index in [2.05, 4.69) is 47.3 Å². The number of imidazole rings is 1. The van der Waals surface area contributed by atoms with Crippen molar-refractivity contribution in [2.24, 2.45) is 5.73 Å². The van der Waals surface area contributed by atoms with Gasteiger partial charge >= 0.3 is 0 Å². The molecule has 1 unspecified atom stereocenters. The van der Waals surface area contributed by atoms with Gasteiger partial charge in [0.15, 0.2) is 0 Å². The highest BCUT2D eigenvalue weighted by atomic mass is 32.2. The van der Waals surface area contributed by atoms with E-state index in [4.69, 9.17) is 15.5 Å². The number of ether oxygens (including phenoxy) is 1. The highest BCUT2D eigenvalue weighted by Crippen LogP contribution is 2.32. The minimum absolute atomic E-state index is 0.189.